The van der Waals surface area contributed by atoms with Gasteiger partial charge in [-0.25, -0.2) is 8.42 Å². The van der Waals surface area contributed by atoms with Crippen molar-refractivity contribution in [2.45, 2.75) is 30.9 Å². The Hall–Kier alpha value is -2.23. The van der Waals surface area contributed by atoms with Crippen molar-refractivity contribution in [2.24, 2.45) is 0 Å². The Labute approximate surface area is 146 Å². The van der Waals surface area contributed by atoms with Crippen LogP contribution in [-0.2, 0) is 16.6 Å². The predicted molar refractivity (Wildman–Crippen MR) is 90.2 cm³/mol. The van der Waals surface area contributed by atoms with E-state index in [1.165, 1.54) is 37.6 Å². The lowest BCUT2D eigenvalue weighted by atomic mass is 10.2. The molecule has 2 N–H and O–H groups in total. The van der Waals surface area contributed by atoms with Gasteiger partial charge in [0.25, 0.3) is 5.91 Å². The molecule has 0 aliphatic carbocycles. The average molecular weight is 367 g/mol. The standard InChI is InChI=1S/C16H21N3O5S/c1-3-14(20)10-17-16(21)12-4-6-15(7-5-12)25(22,23)19(2)11-13-8-9-24-18-13/h4-9,14,20H,3,10-11H2,1-2H3,(H,17,21)/t14-/m1/s1. The molecule has 0 bridgehead atoms. The maximum Gasteiger partial charge on any atom is 0.251 e. The van der Waals surface area contributed by atoms with Gasteiger partial charge in [-0.3, -0.25) is 4.79 Å². The minimum absolute atomic E-state index is 0.0728. The summed E-state index contributed by atoms with van der Waals surface area (Å²) >= 11 is 0. The fourth-order valence-corrected chi connectivity index (χ4v) is 3.19. The number of carbonyl (C=O) groups is 1. The molecule has 0 aliphatic rings. The van der Waals surface area contributed by atoms with Crippen LogP contribution in [0, 0.1) is 0 Å². The zero-order valence-electron chi connectivity index (χ0n) is 14.0. The lowest BCUT2D eigenvalue weighted by molar-refractivity contribution is 0.0914. The first-order chi connectivity index (χ1) is 11.8. The van der Waals surface area contributed by atoms with E-state index in [4.69, 9.17) is 0 Å². The SMILES string of the molecule is CC[C@@H](O)CNC(=O)c1ccc(S(=O)(=O)N(C)Cc2ccon2)cc1. The van der Waals surface area contributed by atoms with E-state index in [-0.39, 0.29) is 23.9 Å². The molecule has 0 saturated heterocycles. The summed E-state index contributed by atoms with van der Waals surface area (Å²) < 4.78 is 30.9. The molecule has 136 valence electrons. The van der Waals surface area contributed by atoms with Crippen molar-refractivity contribution in [2.75, 3.05) is 13.6 Å². The zero-order chi connectivity index (χ0) is 18.4. The number of sulfonamides is 1. The topological polar surface area (TPSA) is 113 Å². The van der Waals surface area contributed by atoms with E-state index >= 15 is 0 Å². The second-order valence-corrected chi connectivity index (χ2v) is 7.59. The van der Waals surface area contributed by atoms with Crippen LogP contribution in [0.1, 0.15) is 29.4 Å². The number of carbonyl (C=O) groups excluding carboxylic acids is 1. The molecule has 1 aromatic carbocycles. The first-order valence-electron chi connectivity index (χ1n) is 7.76. The van der Waals surface area contributed by atoms with Crippen LogP contribution in [0.5, 0.6) is 0 Å². The predicted octanol–water partition coefficient (Wildman–Crippen LogP) is 0.996. The molecular weight excluding hydrogens is 346 g/mol. The van der Waals surface area contributed by atoms with Crippen molar-refractivity contribution < 1.29 is 22.8 Å². The van der Waals surface area contributed by atoms with Crippen LogP contribution in [0.2, 0.25) is 0 Å². The molecule has 0 spiro atoms. The van der Waals surface area contributed by atoms with E-state index in [2.05, 4.69) is 15.0 Å². The highest BCUT2D eigenvalue weighted by Gasteiger charge is 2.22. The molecular formula is C16H21N3O5S. The lowest BCUT2D eigenvalue weighted by Gasteiger charge is -2.16. The Kier molecular flexibility index (Phi) is 6.29. The van der Waals surface area contributed by atoms with Crippen LogP contribution < -0.4 is 5.32 Å². The summed E-state index contributed by atoms with van der Waals surface area (Å²) in [6.45, 7) is 2.04. The van der Waals surface area contributed by atoms with Crippen LogP contribution in [-0.4, -0.2) is 48.6 Å². The fourth-order valence-electron chi connectivity index (χ4n) is 2.05. The molecule has 25 heavy (non-hydrogen) atoms. The van der Waals surface area contributed by atoms with Crippen molar-refractivity contribution in [1.29, 1.82) is 0 Å². The number of aliphatic hydroxyl groups is 1. The van der Waals surface area contributed by atoms with Gasteiger partial charge < -0.3 is 14.9 Å². The number of nitrogens with one attached hydrogen (secondary N) is 1. The van der Waals surface area contributed by atoms with Gasteiger partial charge in [0.2, 0.25) is 10.0 Å². The second kappa shape index (κ2) is 8.24. The van der Waals surface area contributed by atoms with E-state index < -0.39 is 16.1 Å². The molecule has 2 rings (SSSR count). The summed E-state index contributed by atoms with van der Waals surface area (Å²) in [5.41, 5.74) is 0.818. The van der Waals surface area contributed by atoms with Crippen LogP contribution >= 0.6 is 0 Å². The van der Waals surface area contributed by atoms with Gasteiger partial charge in [0.15, 0.2) is 0 Å². The zero-order valence-corrected chi connectivity index (χ0v) is 14.9. The summed E-state index contributed by atoms with van der Waals surface area (Å²) in [7, 11) is -2.27. The van der Waals surface area contributed by atoms with Crippen LogP contribution in [0.4, 0.5) is 0 Å². The first-order valence-corrected chi connectivity index (χ1v) is 9.20. The molecule has 1 amide bonds. The molecule has 1 atom stereocenters. The van der Waals surface area contributed by atoms with Crippen molar-refractivity contribution in [3.05, 3.63) is 47.9 Å². The maximum absolute atomic E-state index is 12.5. The smallest absolute Gasteiger partial charge is 0.251 e. The van der Waals surface area contributed by atoms with Gasteiger partial charge in [0.1, 0.15) is 6.26 Å². The number of amides is 1. The number of rotatable bonds is 8. The van der Waals surface area contributed by atoms with E-state index in [1.807, 2.05) is 6.92 Å². The molecule has 9 heteroatoms. The highest BCUT2D eigenvalue weighted by molar-refractivity contribution is 7.89. The van der Waals surface area contributed by atoms with E-state index in [0.717, 1.165) is 4.31 Å². The Morgan fingerprint density at radius 3 is 2.56 bits per heavy atom. The number of nitrogens with zero attached hydrogens (tertiary/aromatic N) is 2. The van der Waals surface area contributed by atoms with Crippen molar-refractivity contribution in [3.63, 3.8) is 0 Å². The normalized spacial score (nSPS) is 13.0. The summed E-state index contributed by atoms with van der Waals surface area (Å²) in [4.78, 5) is 12.0. The first kappa shape index (κ1) is 19.1. The van der Waals surface area contributed by atoms with Crippen LogP contribution in [0.25, 0.3) is 0 Å². The maximum atomic E-state index is 12.5. The summed E-state index contributed by atoms with van der Waals surface area (Å²) in [5.74, 6) is -0.368. The van der Waals surface area contributed by atoms with Gasteiger partial charge in [-0.05, 0) is 30.7 Å². The molecule has 0 aliphatic heterocycles. The number of hydrogen-bond donors (Lipinski definition) is 2. The summed E-state index contributed by atoms with van der Waals surface area (Å²) in [5, 5.41) is 15.7. The molecule has 2 aromatic rings. The van der Waals surface area contributed by atoms with E-state index in [9.17, 15) is 18.3 Å². The van der Waals surface area contributed by atoms with Gasteiger partial charge in [-0.15, -0.1) is 0 Å². The lowest BCUT2D eigenvalue weighted by Crippen LogP contribution is -2.31. The van der Waals surface area contributed by atoms with Gasteiger partial charge in [0.05, 0.1) is 23.2 Å². The van der Waals surface area contributed by atoms with E-state index in [1.54, 1.807) is 6.07 Å². The minimum atomic E-state index is -3.71. The minimum Gasteiger partial charge on any atom is -0.391 e. The molecule has 1 heterocycles. The highest BCUT2D eigenvalue weighted by atomic mass is 32.2. The summed E-state index contributed by atoms with van der Waals surface area (Å²) in [6, 6.07) is 7.21. The number of hydrogen-bond acceptors (Lipinski definition) is 6. The van der Waals surface area contributed by atoms with Gasteiger partial charge in [-0.1, -0.05) is 12.1 Å². The summed E-state index contributed by atoms with van der Waals surface area (Å²) in [6.07, 6.45) is 1.31. The van der Waals surface area contributed by atoms with Crippen LogP contribution in [0.3, 0.4) is 0 Å². The molecule has 8 nitrogen and oxygen atoms in total. The molecule has 0 unspecified atom stereocenters. The van der Waals surface area contributed by atoms with Crippen molar-refractivity contribution >= 4 is 15.9 Å². The molecule has 0 radical (unpaired) electrons. The van der Waals surface area contributed by atoms with Gasteiger partial charge in [-0.2, -0.15) is 4.31 Å². The van der Waals surface area contributed by atoms with Gasteiger partial charge in [0, 0.05) is 25.2 Å². The number of benzene rings is 1. The fraction of sp³-hybridized carbons (Fsp3) is 0.375. The average Bonchev–Trinajstić information content (AvgIpc) is 3.12. The molecule has 1 aromatic heterocycles. The van der Waals surface area contributed by atoms with Crippen molar-refractivity contribution in [3.8, 4) is 0 Å². The van der Waals surface area contributed by atoms with Gasteiger partial charge >= 0.3 is 0 Å². The Morgan fingerprint density at radius 1 is 1.32 bits per heavy atom. The van der Waals surface area contributed by atoms with E-state index in [0.29, 0.717) is 17.7 Å². The third-order valence-electron chi connectivity index (χ3n) is 3.67. The van der Waals surface area contributed by atoms with Crippen LogP contribution in [0.15, 0.2) is 46.0 Å². The Balaban J connectivity index is 2.06. The number of aliphatic hydroxyl groups excluding tert-OH is 1. The third kappa shape index (κ3) is 4.88. The molecule has 0 fully saturated rings. The number of aromatic nitrogens is 1. The molecule has 0 saturated carbocycles. The third-order valence-corrected chi connectivity index (χ3v) is 5.49. The Bertz CT molecular complexity index is 788. The van der Waals surface area contributed by atoms with Crippen molar-refractivity contribution in [1.82, 2.24) is 14.8 Å². The second-order valence-electron chi connectivity index (χ2n) is 5.55. The quantitative estimate of drug-likeness (QED) is 0.720. The highest BCUT2D eigenvalue weighted by Crippen LogP contribution is 2.17. The Morgan fingerprint density at radius 2 is 2.00 bits per heavy atom. The monoisotopic (exact) mass is 367 g/mol. The largest absolute Gasteiger partial charge is 0.391 e.